The number of fused-ring (bicyclic) bond motifs is 1. The molecule has 4 aromatic rings. The van der Waals surface area contributed by atoms with Crippen LogP contribution in [0.15, 0.2) is 48.7 Å². The summed E-state index contributed by atoms with van der Waals surface area (Å²) in [7, 11) is 0. The number of halogens is 1. The van der Waals surface area contributed by atoms with Crippen LogP contribution in [0, 0.1) is 19.7 Å². The van der Waals surface area contributed by atoms with E-state index in [0.29, 0.717) is 40.7 Å². The van der Waals surface area contributed by atoms with E-state index in [1.54, 1.807) is 29.0 Å². The van der Waals surface area contributed by atoms with Crippen molar-refractivity contribution in [3.05, 3.63) is 77.0 Å². The first-order chi connectivity index (χ1) is 13.9. The molecule has 3 N–H and O–H groups in total. The van der Waals surface area contributed by atoms with E-state index in [9.17, 15) is 9.18 Å². The van der Waals surface area contributed by atoms with Crippen molar-refractivity contribution in [3.8, 4) is 5.95 Å². The topological polar surface area (TPSA) is 98.7 Å². The second-order valence-corrected chi connectivity index (χ2v) is 6.72. The van der Waals surface area contributed by atoms with Gasteiger partial charge in [-0.2, -0.15) is 4.98 Å². The molecule has 2 aromatic heterocycles. The summed E-state index contributed by atoms with van der Waals surface area (Å²) in [6.07, 6.45) is 1.71. The van der Waals surface area contributed by atoms with Crippen LogP contribution in [0.25, 0.3) is 17.0 Å². The molecule has 0 aliphatic carbocycles. The van der Waals surface area contributed by atoms with Crippen molar-refractivity contribution in [1.82, 2.24) is 19.5 Å². The van der Waals surface area contributed by atoms with Gasteiger partial charge in [-0.1, -0.05) is 18.2 Å². The third-order valence-corrected chi connectivity index (χ3v) is 4.63. The molecule has 0 bridgehead atoms. The number of carbonyl (C=O) groups is 1. The van der Waals surface area contributed by atoms with Crippen LogP contribution in [0.5, 0.6) is 0 Å². The molecule has 2 heterocycles. The first kappa shape index (κ1) is 18.5. The molecule has 1 amide bonds. The Morgan fingerprint density at radius 1 is 1.17 bits per heavy atom. The second kappa shape index (κ2) is 7.31. The van der Waals surface area contributed by atoms with E-state index in [0.717, 1.165) is 11.1 Å². The van der Waals surface area contributed by atoms with Crippen LogP contribution in [0.1, 0.15) is 27.3 Å². The summed E-state index contributed by atoms with van der Waals surface area (Å²) < 4.78 is 15.2. The fourth-order valence-electron chi connectivity index (χ4n) is 3.22. The SMILES string of the molecule is Cc1cnc(-n2c(C)nc3c(C(N)=O)cccc32)nc1NCc1cccc(F)c1. The number of hydrogen-bond donors (Lipinski definition) is 2. The van der Waals surface area contributed by atoms with Gasteiger partial charge in [-0.15, -0.1) is 0 Å². The van der Waals surface area contributed by atoms with Crippen molar-refractivity contribution in [1.29, 1.82) is 0 Å². The summed E-state index contributed by atoms with van der Waals surface area (Å²) in [5.74, 6) is 0.858. The molecule has 0 atom stereocenters. The van der Waals surface area contributed by atoms with E-state index in [-0.39, 0.29) is 5.82 Å². The highest BCUT2D eigenvalue weighted by Crippen LogP contribution is 2.23. The molecule has 7 nitrogen and oxygen atoms in total. The van der Waals surface area contributed by atoms with Gasteiger partial charge >= 0.3 is 0 Å². The monoisotopic (exact) mass is 390 g/mol. The van der Waals surface area contributed by atoms with E-state index in [1.807, 2.05) is 26.0 Å². The molecule has 8 heteroatoms. The van der Waals surface area contributed by atoms with Crippen LogP contribution in [0.2, 0.25) is 0 Å². The summed E-state index contributed by atoms with van der Waals surface area (Å²) in [5.41, 5.74) is 8.68. The number of primary amides is 1. The number of carbonyl (C=O) groups excluding carboxylic acids is 1. The van der Waals surface area contributed by atoms with Gasteiger partial charge in [0, 0.05) is 18.3 Å². The fraction of sp³-hybridized carbons (Fsp3) is 0.143. The van der Waals surface area contributed by atoms with Crippen molar-refractivity contribution in [3.63, 3.8) is 0 Å². The van der Waals surface area contributed by atoms with Gasteiger partial charge in [0.25, 0.3) is 5.91 Å². The minimum Gasteiger partial charge on any atom is -0.366 e. The molecule has 0 spiro atoms. The molecule has 4 rings (SSSR count). The van der Waals surface area contributed by atoms with Gasteiger partial charge in [0.15, 0.2) is 0 Å². The zero-order chi connectivity index (χ0) is 20.5. The van der Waals surface area contributed by atoms with Crippen molar-refractivity contribution in [2.24, 2.45) is 5.73 Å². The highest BCUT2D eigenvalue weighted by atomic mass is 19.1. The van der Waals surface area contributed by atoms with Crippen LogP contribution in [0.4, 0.5) is 10.2 Å². The molecule has 0 unspecified atom stereocenters. The van der Waals surface area contributed by atoms with Gasteiger partial charge in [0.1, 0.15) is 23.0 Å². The predicted octanol–water partition coefficient (Wildman–Crippen LogP) is 3.28. The number of anilines is 1. The Balaban J connectivity index is 1.73. The first-order valence-electron chi connectivity index (χ1n) is 9.04. The van der Waals surface area contributed by atoms with Crippen molar-refractivity contribution in [2.75, 3.05) is 5.32 Å². The Morgan fingerprint density at radius 3 is 2.72 bits per heavy atom. The third-order valence-electron chi connectivity index (χ3n) is 4.63. The number of hydrogen-bond acceptors (Lipinski definition) is 5. The van der Waals surface area contributed by atoms with E-state index in [2.05, 4.69) is 20.3 Å². The molecule has 0 radical (unpaired) electrons. The summed E-state index contributed by atoms with van der Waals surface area (Å²) >= 11 is 0. The number of benzene rings is 2. The standard InChI is InChI=1S/C21H19FN6O/c1-12-10-25-21(27-20(12)24-11-14-5-3-6-15(22)9-14)28-13(2)26-18-16(19(23)29)7-4-8-17(18)28/h3-10H,11H2,1-2H3,(H2,23,29)(H,24,25,27). The zero-order valence-corrected chi connectivity index (χ0v) is 16.0. The van der Waals surface area contributed by atoms with Gasteiger partial charge in [0.2, 0.25) is 5.95 Å². The van der Waals surface area contributed by atoms with E-state index < -0.39 is 5.91 Å². The fourth-order valence-corrected chi connectivity index (χ4v) is 3.22. The number of nitrogens with zero attached hydrogens (tertiary/aromatic N) is 4. The lowest BCUT2D eigenvalue weighted by molar-refractivity contribution is 0.100. The molecule has 0 fully saturated rings. The molecule has 29 heavy (non-hydrogen) atoms. The first-order valence-corrected chi connectivity index (χ1v) is 9.04. The largest absolute Gasteiger partial charge is 0.366 e. The summed E-state index contributed by atoms with van der Waals surface area (Å²) in [6, 6.07) is 11.6. The van der Waals surface area contributed by atoms with Crippen molar-refractivity contribution >= 4 is 22.8 Å². The van der Waals surface area contributed by atoms with Gasteiger partial charge in [-0.05, 0) is 43.7 Å². The highest BCUT2D eigenvalue weighted by molar-refractivity contribution is 6.04. The minimum absolute atomic E-state index is 0.282. The van der Waals surface area contributed by atoms with Gasteiger partial charge in [0.05, 0.1) is 11.1 Å². The molecule has 0 saturated carbocycles. The number of nitrogens with two attached hydrogens (primary N) is 1. The third kappa shape index (κ3) is 3.52. The number of nitrogens with one attached hydrogen (secondary N) is 1. The highest BCUT2D eigenvalue weighted by Gasteiger charge is 2.17. The Bertz CT molecular complexity index is 1230. The maximum Gasteiger partial charge on any atom is 0.250 e. The lowest BCUT2D eigenvalue weighted by Gasteiger charge is -2.11. The van der Waals surface area contributed by atoms with Crippen molar-refractivity contribution < 1.29 is 9.18 Å². The zero-order valence-electron chi connectivity index (χ0n) is 16.0. The molecule has 2 aromatic carbocycles. The minimum atomic E-state index is -0.539. The van der Waals surface area contributed by atoms with Gasteiger partial charge in [-0.25, -0.2) is 14.4 Å². The van der Waals surface area contributed by atoms with Crippen molar-refractivity contribution in [2.45, 2.75) is 20.4 Å². The normalized spacial score (nSPS) is 11.0. The van der Waals surface area contributed by atoms with Gasteiger partial charge < -0.3 is 11.1 Å². The van der Waals surface area contributed by atoms with E-state index in [4.69, 9.17) is 5.73 Å². The maximum absolute atomic E-state index is 13.4. The average molecular weight is 390 g/mol. The van der Waals surface area contributed by atoms with Crippen LogP contribution in [-0.4, -0.2) is 25.4 Å². The summed E-state index contributed by atoms with van der Waals surface area (Å²) in [6.45, 7) is 4.13. The van der Waals surface area contributed by atoms with E-state index >= 15 is 0 Å². The summed E-state index contributed by atoms with van der Waals surface area (Å²) in [4.78, 5) is 25.3. The van der Waals surface area contributed by atoms with Crippen LogP contribution in [-0.2, 0) is 6.54 Å². The average Bonchev–Trinajstić information content (AvgIpc) is 3.03. The van der Waals surface area contributed by atoms with Crippen LogP contribution < -0.4 is 11.1 Å². The summed E-state index contributed by atoms with van der Waals surface area (Å²) in [5, 5.41) is 3.23. The van der Waals surface area contributed by atoms with E-state index in [1.165, 1.54) is 12.1 Å². The maximum atomic E-state index is 13.4. The smallest absolute Gasteiger partial charge is 0.250 e. The predicted molar refractivity (Wildman–Crippen MR) is 108 cm³/mol. The second-order valence-electron chi connectivity index (χ2n) is 6.72. The molecule has 0 aliphatic rings. The Kier molecular flexibility index (Phi) is 4.67. The number of imidazole rings is 1. The number of aryl methyl sites for hydroxylation is 2. The van der Waals surface area contributed by atoms with Gasteiger partial charge in [-0.3, -0.25) is 9.36 Å². The Morgan fingerprint density at radius 2 is 1.97 bits per heavy atom. The molecule has 146 valence electrons. The molecular weight excluding hydrogens is 371 g/mol. The molecule has 0 saturated heterocycles. The Labute approximate surface area is 166 Å². The number of aromatic nitrogens is 4. The quantitative estimate of drug-likeness (QED) is 0.545. The lowest BCUT2D eigenvalue weighted by atomic mass is 10.2. The number of amides is 1. The molecular formula is C21H19FN6O. The number of para-hydroxylation sites is 1. The van der Waals surface area contributed by atoms with Crippen LogP contribution >= 0.6 is 0 Å². The Hall–Kier alpha value is -3.81. The lowest BCUT2D eigenvalue weighted by Crippen LogP contribution is -2.11. The molecule has 0 aliphatic heterocycles. The van der Waals surface area contributed by atoms with Crippen LogP contribution in [0.3, 0.4) is 0 Å². The number of rotatable bonds is 5.